The molecule has 1 saturated carbocycles. The zero-order valence-electron chi connectivity index (χ0n) is 16.0. The molecule has 25 heavy (non-hydrogen) atoms. The third-order valence-electron chi connectivity index (χ3n) is 5.57. The molecule has 7 heteroatoms. The van der Waals surface area contributed by atoms with Crippen LogP contribution in [-0.4, -0.2) is 57.3 Å². The van der Waals surface area contributed by atoms with Gasteiger partial charge in [0.1, 0.15) is 6.10 Å². The number of ether oxygens (including phenoxy) is 1. The molecule has 2 aliphatic rings. The van der Waals surface area contributed by atoms with Gasteiger partial charge in [0.25, 0.3) is 0 Å². The number of rotatable bonds is 6. The fourth-order valence-corrected chi connectivity index (χ4v) is 4.99. The number of nitrogens with zero attached hydrogens (tertiary/aromatic N) is 1. The Bertz CT molecular complexity index is 541. The molecule has 0 radical (unpaired) electrons. The Morgan fingerprint density at radius 1 is 1.20 bits per heavy atom. The molecule has 0 amide bonds. The van der Waals surface area contributed by atoms with Crippen LogP contribution in [0.3, 0.4) is 0 Å². The number of nitrogens with one attached hydrogen (secondary N) is 1. The van der Waals surface area contributed by atoms with Gasteiger partial charge in [0.15, 0.2) is 0 Å². The molecule has 2 rings (SSSR count). The maximum absolute atomic E-state index is 12.4. The van der Waals surface area contributed by atoms with Gasteiger partial charge in [-0.1, -0.05) is 27.2 Å². The molecule has 0 bridgehead atoms. The van der Waals surface area contributed by atoms with Gasteiger partial charge in [-0.2, -0.15) is 0 Å². The molecule has 1 saturated heterocycles. The highest BCUT2D eigenvalue weighted by molar-refractivity contribution is 7.88. The Balaban J connectivity index is 1.78. The van der Waals surface area contributed by atoms with Crippen molar-refractivity contribution in [3.05, 3.63) is 0 Å². The summed E-state index contributed by atoms with van der Waals surface area (Å²) < 4.78 is 31.1. The van der Waals surface area contributed by atoms with E-state index in [1.807, 2.05) is 0 Å². The van der Waals surface area contributed by atoms with Crippen molar-refractivity contribution in [3.8, 4) is 0 Å². The average molecular weight is 375 g/mol. The van der Waals surface area contributed by atoms with Gasteiger partial charge in [-0.3, -0.25) is 9.69 Å². The minimum atomic E-state index is -3.16. The Kier molecular flexibility index (Phi) is 7.29. The zero-order valence-corrected chi connectivity index (χ0v) is 16.8. The van der Waals surface area contributed by atoms with E-state index in [9.17, 15) is 13.2 Å². The first-order valence-electron chi connectivity index (χ1n) is 9.53. The smallest absolute Gasteiger partial charge is 0.320 e. The molecule has 1 aliphatic carbocycles. The minimum absolute atomic E-state index is 0.0215. The van der Waals surface area contributed by atoms with E-state index in [1.165, 1.54) is 12.7 Å². The first-order valence-corrected chi connectivity index (χ1v) is 11.4. The highest BCUT2D eigenvalue weighted by Crippen LogP contribution is 2.35. The Labute approximate surface area is 152 Å². The summed E-state index contributed by atoms with van der Waals surface area (Å²) in [4.78, 5) is 14.5. The summed E-state index contributed by atoms with van der Waals surface area (Å²) in [5.41, 5.74) is 0. The van der Waals surface area contributed by atoms with Gasteiger partial charge in [-0.05, 0) is 43.4 Å². The van der Waals surface area contributed by atoms with Crippen molar-refractivity contribution in [2.24, 2.45) is 17.8 Å². The lowest BCUT2D eigenvalue weighted by Crippen LogP contribution is -2.46. The summed E-state index contributed by atoms with van der Waals surface area (Å²) >= 11 is 0. The van der Waals surface area contributed by atoms with Crippen molar-refractivity contribution in [3.63, 3.8) is 0 Å². The number of sulfonamides is 1. The monoisotopic (exact) mass is 374 g/mol. The van der Waals surface area contributed by atoms with Crippen molar-refractivity contribution < 1.29 is 17.9 Å². The van der Waals surface area contributed by atoms with Crippen molar-refractivity contribution in [1.29, 1.82) is 0 Å². The molecule has 1 aliphatic heterocycles. The first-order chi connectivity index (χ1) is 11.6. The average Bonchev–Trinajstić information content (AvgIpc) is 2.47. The lowest BCUT2D eigenvalue weighted by Gasteiger charge is -2.37. The maximum Gasteiger partial charge on any atom is 0.320 e. The summed E-state index contributed by atoms with van der Waals surface area (Å²) in [6.07, 6.45) is 6.02. The normalized spacial score (nSPS) is 29.7. The van der Waals surface area contributed by atoms with Crippen LogP contribution in [0, 0.1) is 17.8 Å². The molecule has 1 N–H and O–H groups in total. The predicted molar refractivity (Wildman–Crippen MR) is 98.7 cm³/mol. The van der Waals surface area contributed by atoms with E-state index in [-0.39, 0.29) is 18.1 Å². The van der Waals surface area contributed by atoms with Gasteiger partial charge in [0, 0.05) is 19.1 Å². The van der Waals surface area contributed by atoms with Crippen LogP contribution >= 0.6 is 0 Å². The SMILES string of the molecule is CC1CCC(C(C)C)C(OC(=O)CN2CCC(NS(C)(=O)=O)CC2)C1. The third kappa shape index (κ3) is 6.87. The molecule has 146 valence electrons. The minimum Gasteiger partial charge on any atom is -0.461 e. The third-order valence-corrected chi connectivity index (χ3v) is 6.33. The molecule has 1 heterocycles. The second-order valence-corrected chi connectivity index (χ2v) is 10.1. The quantitative estimate of drug-likeness (QED) is 0.720. The molecule has 6 nitrogen and oxygen atoms in total. The van der Waals surface area contributed by atoms with Crippen molar-refractivity contribution in [1.82, 2.24) is 9.62 Å². The van der Waals surface area contributed by atoms with Crippen LogP contribution < -0.4 is 4.72 Å². The molecule has 2 fully saturated rings. The number of piperidine rings is 1. The van der Waals surface area contributed by atoms with Crippen molar-refractivity contribution in [2.45, 2.75) is 65.0 Å². The summed E-state index contributed by atoms with van der Waals surface area (Å²) in [6.45, 7) is 8.40. The second kappa shape index (κ2) is 8.82. The largest absolute Gasteiger partial charge is 0.461 e. The van der Waals surface area contributed by atoms with Gasteiger partial charge < -0.3 is 4.74 Å². The summed E-state index contributed by atoms with van der Waals surface area (Å²) in [6, 6.07) is -0.0215. The molecule has 0 aromatic rings. The van der Waals surface area contributed by atoms with E-state index in [1.54, 1.807) is 0 Å². The Hall–Kier alpha value is -0.660. The van der Waals surface area contributed by atoms with Crippen LogP contribution in [0.4, 0.5) is 0 Å². The van der Waals surface area contributed by atoms with E-state index in [0.29, 0.717) is 24.3 Å². The second-order valence-electron chi connectivity index (χ2n) is 8.29. The van der Waals surface area contributed by atoms with Crippen LogP contribution in [0.5, 0.6) is 0 Å². The molecular formula is C18H34N2O4S. The number of carbonyl (C=O) groups is 1. The summed E-state index contributed by atoms with van der Waals surface area (Å²) in [5.74, 6) is 1.47. The number of esters is 1. The van der Waals surface area contributed by atoms with Crippen molar-refractivity contribution >= 4 is 16.0 Å². The van der Waals surface area contributed by atoms with Gasteiger partial charge in [-0.15, -0.1) is 0 Å². The number of carbonyl (C=O) groups excluding carboxylic acids is 1. The maximum atomic E-state index is 12.4. The molecule has 0 spiro atoms. The van der Waals surface area contributed by atoms with Crippen molar-refractivity contribution in [2.75, 3.05) is 25.9 Å². The van der Waals surface area contributed by atoms with E-state index >= 15 is 0 Å². The molecule has 0 aromatic heterocycles. The van der Waals surface area contributed by atoms with E-state index in [2.05, 4.69) is 30.4 Å². The first kappa shape index (κ1) is 20.6. The predicted octanol–water partition coefficient (Wildman–Crippen LogP) is 2.00. The van der Waals surface area contributed by atoms with E-state index < -0.39 is 10.0 Å². The molecular weight excluding hydrogens is 340 g/mol. The van der Waals surface area contributed by atoms with Crippen LogP contribution in [0.2, 0.25) is 0 Å². The number of hydrogen-bond acceptors (Lipinski definition) is 5. The number of likely N-dealkylation sites (tertiary alicyclic amines) is 1. The van der Waals surface area contributed by atoms with Gasteiger partial charge in [0.05, 0.1) is 12.8 Å². The summed E-state index contributed by atoms with van der Waals surface area (Å²) in [7, 11) is -3.16. The van der Waals surface area contributed by atoms with E-state index in [0.717, 1.165) is 38.8 Å². The topological polar surface area (TPSA) is 75.7 Å². The standard InChI is InChI=1S/C18H34N2O4S/c1-13(2)16-6-5-14(3)11-17(16)24-18(21)12-20-9-7-15(8-10-20)19-25(4,22)23/h13-17,19H,5-12H2,1-4H3. The van der Waals surface area contributed by atoms with Crippen LogP contribution in [-0.2, 0) is 19.6 Å². The molecule has 0 aromatic carbocycles. The van der Waals surface area contributed by atoms with Gasteiger partial charge in [-0.25, -0.2) is 13.1 Å². The van der Waals surface area contributed by atoms with Gasteiger partial charge >= 0.3 is 5.97 Å². The van der Waals surface area contributed by atoms with Crippen LogP contribution in [0.15, 0.2) is 0 Å². The highest BCUT2D eigenvalue weighted by Gasteiger charge is 2.34. The Morgan fingerprint density at radius 3 is 2.40 bits per heavy atom. The highest BCUT2D eigenvalue weighted by atomic mass is 32.2. The Morgan fingerprint density at radius 2 is 1.84 bits per heavy atom. The molecule has 3 atom stereocenters. The lowest BCUT2D eigenvalue weighted by molar-refractivity contribution is -0.157. The van der Waals surface area contributed by atoms with Crippen LogP contribution in [0.25, 0.3) is 0 Å². The fourth-order valence-electron chi connectivity index (χ4n) is 4.15. The van der Waals surface area contributed by atoms with Gasteiger partial charge in [0.2, 0.25) is 10.0 Å². The number of hydrogen-bond donors (Lipinski definition) is 1. The zero-order chi connectivity index (χ0) is 18.6. The fraction of sp³-hybridized carbons (Fsp3) is 0.944. The van der Waals surface area contributed by atoms with E-state index in [4.69, 9.17) is 4.74 Å². The van der Waals surface area contributed by atoms with Crippen LogP contribution in [0.1, 0.15) is 52.9 Å². The summed E-state index contributed by atoms with van der Waals surface area (Å²) in [5, 5.41) is 0. The molecule has 3 unspecified atom stereocenters. The lowest BCUT2D eigenvalue weighted by atomic mass is 9.75.